The Labute approximate surface area is 161 Å². The second-order valence-corrected chi connectivity index (χ2v) is 6.65. The summed E-state index contributed by atoms with van der Waals surface area (Å²) in [6, 6.07) is 7.29. The molecule has 2 aliphatic rings. The summed E-state index contributed by atoms with van der Waals surface area (Å²) in [5, 5.41) is 8.80. The van der Waals surface area contributed by atoms with Gasteiger partial charge in [0.2, 0.25) is 0 Å². The predicted octanol–water partition coefficient (Wildman–Crippen LogP) is 2.26. The summed E-state index contributed by atoms with van der Waals surface area (Å²) in [6.45, 7) is 1.34. The average molecular weight is 377 g/mol. The summed E-state index contributed by atoms with van der Waals surface area (Å²) in [4.78, 5) is 43.1. The molecule has 0 saturated heterocycles. The zero-order valence-corrected chi connectivity index (χ0v) is 15.2. The highest BCUT2D eigenvalue weighted by molar-refractivity contribution is 6.20. The van der Waals surface area contributed by atoms with Crippen LogP contribution in [0, 0.1) is 0 Å². The van der Waals surface area contributed by atoms with Crippen LogP contribution in [0.2, 0.25) is 0 Å². The monoisotopic (exact) mass is 377 g/mol. The quantitative estimate of drug-likeness (QED) is 0.742. The van der Waals surface area contributed by atoms with E-state index in [1.807, 2.05) is 17.0 Å². The Hall–Kier alpha value is -3.42. The minimum atomic E-state index is -0.817. The summed E-state index contributed by atoms with van der Waals surface area (Å²) >= 11 is 0. The van der Waals surface area contributed by atoms with Crippen LogP contribution in [0.25, 0.3) is 0 Å². The van der Waals surface area contributed by atoms with Crippen molar-refractivity contribution in [1.29, 1.82) is 0 Å². The van der Waals surface area contributed by atoms with Crippen molar-refractivity contribution in [2.75, 3.05) is 13.1 Å². The first kappa shape index (κ1) is 18.0. The third-order valence-corrected chi connectivity index (χ3v) is 4.69. The van der Waals surface area contributed by atoms with Crippen molar-refractivity contribution in [1.82, 2.24) is 14.9 Å². The maximum absolute atomic E-state index is 12.6. The van der Waals surface area contributed by atoms with Crippen LogP contribution in [-0.2, 0) is 11.2 Å². The van der Waals surface area contributed by atoms with Crippen molar-refractivity contribution in [3.05, 3.63) is 53.5 Å². The molecule has 2 aromatic heterocycles. The normalized spacial score (nSPS) is 14.8. The number of amidine groups is 2. The van der Waals surface area contributed by atoms with Crippen molar-refractivity contribution in [3.63, 3.8) is 0 Å². The lowest BCUT2D eigenvalue weighted by molar-refractivity contribution is -0.137. The molecule has 0 unspecified atom stereocenters. The molecule has 0 bridgehead atoms. The molecule has 0 atom stereocenters. The highest BCUT2D eigenvalue weighted by Crippen LogP contribution is 2.28. The Morgan fingerprint density at radius 3 is 2.89 bits per heavy atom. The van der Waals surface area contributed by atoms with Crippen LogP contribution >= 0.6 is 0 Å². The Morgan fingerprint density at radius 1 is 1.21 bits per heavy atom. The molecule has 28 heavy (non-hydrogen) atoms. The largest absolute Gasteiger partial charge is 0.481 e. The van der Waals surface area contributed by atoms with E-state index in [-0.39, 0.29) is 18.6 Å². The van der Waals surface area contributed by atoms with Crippen molar-refractivity contribution in [3.8, 4) is 0 Å². The molecule has 4 rings (SSSR count). The fraction of sp³-hybridized carbons (Fsp3) is 0.300. The Kier molecular flexibility index (Phi) is 4.92. The van der Waals surface area contributed by atoms with Crippen molar-refractivity contribution >= 4 is 29.2 Å². The van der Waals surface area contributed by atoms with Gasteiger partial charge in [-0.1, -0.05) is 0 Å². The molecule has 8 heteroatoms. The number of carbonyl (C=O) groups excluding carboxylic acids is 1. The topological polar surface area (TPSA) is 108 Å². The second-order valence-electron chi connectivity index (χ2n) is 6.65. The highest BCUT2D eigenvalue weighted by Gasteiger charge is 2.31. The molecule has 142 valence electrons. The van der Waals surface area contributed by atoms with Crippen molar-refractivity contribution in [2.24, 2.45) is 9.98 Å². The molecule has 0 aliphatic carbocycles. The van der Waals surface area contributed by atoms with Gasteiger partial charge < -0.3 is 10.0 Å². The van der Waals surface area contributed by atoms with Gasteiger partial charge in [-0.15, -0.1) is 0 Å². The molecule has 0 saturated carbocycles. The van der Waals surface area contributed by atoms with E-state index in [0.717, 1.165) is 17.1 Å². The van der Waals surface area contributed by atoms with Crippen molar-refractivity contribution in [2.45, 2.75) is 25.7 Å². The van der Waals surface area contributed by atoms with Gasteiger partial charge in [-0.3, -0.25) is 19.6 Å². The summed E-state index contributed by atoms with van der Waals surface area (Å²) in [6.07, 6.45) is 4.52. The molecule has 2 aromatic rings. The summed E-state index contributed by atoms with van der Waals surface area (Å²) in [5.41, 5.74) is 2.18. The number of aryl methyl sites for hydroxylation is 1. The van der Waals surface area contributed by atoms with E-state index >= 15 is 0 Å². The van der Waals surface area contributed by atoms with E-state index in [2.05, 4.69) is 20.0 Å². The van der Waals surface area contributed by atoms with E-state index in [4.69, 9.17) is 5.11 Å². The van der Waals surface area contributed by atoms with Gasteiger partial charge in [0.25, 0.3) is 0 Å². The molecule has 0 aromatic carbocycles. The molecule has 2 aliphatic heterocycles. The number of hydrogen-bond acceptors (Lipinski definition) is 7. The Morgan fingerprint density at radius 2 is 2.11 bits per heavy atom. The van der Waals surface area contributed by atoms with Gasteiger partial charge in [0.15, 0.2) is 11.6 Å². The van der Waals surface area contributed by atoms with Crippen LogP contribution in [-0.4, -0.2) is 56.5 Å². The van der Waals surface area contributed by atoms with E-state index in [0.29, 0.717) is 43.1 Å². The number of hydrogen-bond donors (Lipinski definition) is 1. The number of nitrogens with zero attached hydrogens (tertiary/aromatic N) is 5. The smallest absolute Gasteiger partial charge is 0.303 e. The van der Waals surface area contributed by atoms with Crippen molar-refractivity contribution < 1.29 is 14.7 Å². The van der Waals surface area contributed by atoms with Gasteiger partial charge >= 0.3 is 5.97 Å². The zero-order chi connectivity index (χ0) is 19.5. The lowest BCUT2D eigenvalue weighted by Gasteiger charge is -2.27. The van der Waals surface area contributed by atoms with Crippen LogP contribution in [0.1, 0.15) is 40.9 Å². The van der Waals surface area contributed by atoms with E-state index in [1.54, 1.807) is 24.5 Å². The van der Waals surface area contributed by atoms with Crippen LogP contribution < -0.4 is 0 Å². The van der Waals surface area contributed by atoms with Crippen LogP contribution in [0.4, 0.5) is 5.82 Å². The number of carboxylic acids is 1. The zero-order valence-electron chi connectivity index (χ0n) is 15.2. The molecular formula is C20H19N5O3. The second kappa shape index (κ2) is 7.67. The maximum atomic E-state index is 12.6. The SMILES string of the molecule is O=C(O)CCCc1ccc2c(n1)N=C(CC(=O)c1cccnc1)N1CCN=C21. The minimum Gasteiger partial charge on any atom is -0.481 e. The van der Waals surface area contributed by atoms with Gasteiger partial charge in [-0.05, 0) is 37.1 Å². The summed E-state index contributed by atoms with van der Waals surface area (Å²) < 4.78 is 0. The van der Waals surface area contributed by atoms with E-state index < -0.39 is 5.97 Å². The highest BCUT2D eigenvalue weighted by atomic mass is 16.4. The number of ketones is 1. The summed E-state index contributed by atoms with van der Waals surface area (Å²) in [5.74, 6) is 1.09. The van der Waals surface area contributed by atoms with Gasteiger partial charge in [0, 0.05) is 36.6 Å². The Balaban J connectivity index is 1.60. The number of fused-ring (bicyclic) bond motifs is 3. The van der Waals surface area contributed by atoms with Gasteiger partial charge in [0.1, 0.15) is 11.7 Å². The number of aliphatic imine (C=N–C) groups is 2. The fourth-order valence-electron chi connectivity index (χ4n) is 3.33. The van der Waals surface area contributed by atoms with Crippen LogP contribution in [0.3, 0.4) is 0 Å². The molecule has 0 radical (unpaired) electrons. The lowest BCUT2D eigenvalue weighted by atomic mass is 10.1. The average Bonchev–Trinajstić information content (AvgIpc) is 3.18. The number of carbonyl (C=O) groups is 2. The standard InChI is InChI=1S/C20H19N5O3/c26-16(13-3-2-8-21-12-13)11-17-24-19-15(20-22-9-10-25(17)20)7-6-14(23-19)4-1-5-18(27)28/h2-3,6-8,12H,1,4-5,9-11H2,(H,27,28). The predicted molar refractivity (Wildman–Crippen MR) is 103 cm³/mol. The fourth-order valence-corrected chi connectivity index (χ4v) is 3.33. The molecule has 0 amide bonds. The molecule has 4 heterocycles. The van der Waals surface area contributed by atoms with Gasteiger partial charge in [0.05, 0.1) is 18.5 Å². The Bertz CT molecular complexity index is 985. The third-order valence-electron chi connectivity index (χ3n) is 4.69. The minimum absolute atomic E-state index is 0.0563. The number of aromatic nitrogens is 2. The first-order chi connectivity index (χ1) is 13.6. The number of rotatable bonds is 7. The third kappa shape index (κ3) is 3.66. The summed E-state index contributed by atoms with van der Waals surface area (Å²) in [7, 11) is 0. The number of aliphatic carboxylic acids is 1. The molecular weight excluding hydrogens is 358 g/mol. The first-order valence-corrected chi connectivity index (χ1v) is 9.16. The number of Topliss-reactive ketones (excluding diaryl/α,β-unsaturated/α-hetero) is 1. The van der Waals surface area contributed by atoms with E-state index in [1.165, 1.54) is 0 Å². The van der Waals surface area contributed by atoms with Gasteiger partial charge in [-0.25, -0.2) is 9.98 Å². The van der Waals surface area contributed by atoms with E-state index in [9.17, 15) is 9.59 Å². The molecule has 8 nitrogen and oxygen atoms in total. The lowest BCUT2D eigenvalue weighted by Crippen LogP contribution is -2.38. The number of carboxylic acid groups (broad SMARTS) is 1. The molecule has 0 spiro atoms. The van der Waals surface area contributed by atoms with Crippen LogP contribution in [0.5, 0.6) is 0 Å². The number of pyridine rings is 2. The first-order valence-electron chi connectivity index (χ1n) is 9.16. The molecule has 1 N–H and O–H groups in total. The van der Waals surface area contributed by atoms with Crippen LogP contribution in [0.15, 0.2) is 46.6 Å². The maximum Gasteiger partial charge on any atom is 0.303 e. The molecule has 0 fully saturated rings. The van der Waals surface area contributed by atoms with Gasteiger partial charge in [-0.2, -0.15) is 0 Å².